The molecule has 0 radical (unpaired) electrons. The molecule has 0 fully saturated rings. The van der Waals surface area contributed by atoms with Crippen molar-refractivity contribution in [2.45, 2.75) is 16.8 Å². The predicted molar refractivity (Wildman–Crippen MR) is 65.2 cm³/mol. The number of H-pyrrole nitrogens is 1. The minimum Gasteiger partial charge on any atom is -0.312 e. The van der Waals surface area contributed by atoms with Crippen LogP contribution in [0.2, 0.25) is 5.02 Å². The first-order valence-corrected chi connectivity index (χ1v) is 5.84. The molecule has 0 aliphatic rings. The largest absolute Gasteiger partial charge is 0.312 e. The predicted octanol–water partition coefficient (Wildman–Crippen LogP) is 2.88. The average molecular weight is 253 g/mol. The van der Waals surface area contributed by atoms with E-state index in [0.717, 1.165) is 10.5 Å². The van der Waals surface area contributed by atoms with Gasteiger partial charge in [-0.25, -0.2) is 4.98 Å². The van der Waals surface area contributed by atoms with Crippen molar-refractivity contribution in [1.29, 1.82) is 0 Å². The van der Waals surface area contributed by atoms with E-state index in [4.69, 9.17) is 11.6 Å². The third kappa shape index (κ3) is 2.28. The maximum absolute atomic E-state index is 11.3. The number of halogens is 1. The number of nitrogens with one attached hydrogen (secondary N) is 1. The van der Waals surface area contributed by atoms with Crippen LogP contribution in [0.3, 0.4) is 0 Å². The highest BCUT2D eigenvalue weighted by Gasteiger charge is 2.08. The second kappa shape index (κ2) is 4.72. The van der Waals surface area contributed by atoms with Crippen LogP contribution in [0.1, 0.15) is 5.56 Å². The molecule has 0 atom stereocenters. The lowest BCUT2D eigenvalue weighted by Gasteiger charge is -2.04. The van der Waals surface area contributed by atoms with Crippen LogP contribution >= 0.6 is 23.4 Å². The van der Waals surface area contributed by atoms with Crippen molar-refractivity contribution in [2.75, 3.05) is 0 Å². The Morgan fingerprint density at radius 2 is 2.12 bits per heavy atom. The van der Waals surface area contributed by atoms with E-state index in [-0.39, 0.29) is 10.6 Å². The highest BCUT2D eigenvalue weighted by atomic mass is 35.5. The summed E-state index contributed by atoms with van der Waals surface area (Å²) in [5.74, 6) is 0. The van der Waals surface area contributed by atoms with E-state index in [9.17, 15) is 4.79 Å². The highest BCUT2D eigenvalue weighted by molar-refractivity contribution is 7.99. The highest BCUT2D eigenvalue weighted by Crippen LogP contribution is 2.31. The molecule has 82 valence electrons. The molecule has 0 aliphatic heterocycles. The summed E-state index contributed by atoms with van der Waals surface area (Å²) in [7, 11) is 0. The number of benzene rings is 1. The molecule has 16 heavy (non-hydrogen) atoms. The molecule has 2 aromatic rings. The number of hydrogen-bond acceptors (Lipinski definition) is 3. The van der Waals surface area contributed by atoms with Gasteiger partial charge >= 0.3 is 0 Å². The standard InChI is InChI=1S/C11H9ClN2OS/c1-7-4-2-3-5-8(7)16-11-9(12)10(15)13-6-14-11/h2-6H,1H3,(H,13,14,15). The average Bonchev–Trinajstić information content (AvgIpc) is 2.28. The Labute approximate surface area is 102 Å². The van der Waals surface area contributed by atoms with E-state index >= 15 is 0 Å². The summed E-state index contributed by atoms with van der Waals surface area (Å²) in [5.41, 5.74) is 0.818. The molecule has 3 nitrogen and oxygen atoms in total. The van der Waals surface area contributed by atoms with Gasteiger partial charge in [-0.05, 0) is 18.6 Å². The normalized spacial score (nSPS) is 10.4. The Bertz CT molecular complexity index is 568. The molecule has 0 spiro atoms. The van der Waals surface area contributed by atoms with Gasteiger partial charge in [0.1, 0.15) is 10.0 Å². The van der Waals surface area contributed by atoms with Crippen LogP contribution in [-0.4, -0.2) is 9.97 Å². The Hall–Kier alpha value is -1.26. The van der Waals surface area contributed by atoms with Crippen molar-refractivity contribution in [3.05, 3.63) is 51.5 Å². The van der Waals surface area contributed by atoms with Crippen molar-refractivity contribution in [3.8, 4) is 0 Å². The Balaban J connectivity index is 2.38. The third-order valence-corrected chi connectivity index (χ3v) is 3.71. The van der Waals surface area contributed by atoms with Crippen molar-refractivity contribution in [2.24, 2.45) is 0 Å². The Morgan fingerprint density at radius 1 is 1.38 bits per heavy atom. The summed E-state index contributed by atoms with van der Waals surface area (Å²) in [6, 6.07) is 7.88. The summed E-state index contributed by atoms with van der Waals surface area (Å²) in [6.45, 7) is 2.00. The first kappa shape index (κ1) is 11.2. The van der Waals surface area contributed by atoms with Gasteiger partial charge in [0.05, 0.1) is 6.33 Å². The van der Waals surface area contributed by atoms with E-state index < -0.39 is 0 Å². The van der Waals surface area contributed by atoms with E-state index in [0.29, 0.717) is 5.03 Å². The van der Waals surface area contributed by atoms with Crippen LogP contribution in [0, 0.1) is 6.92 Å². The number of aromatic nitrogens is 2. The van der Waals surface area contributed by atoms with E-state index in [1.165, 1.54) is 18.1 Å². The van der Waals surface area contributed by atoms with Gasteiger partial charge in [-0.1, -0.05) is 41.6 Å². The fourth-order valence-electron chi connectivity index (χ4n) is 1.21. The van der Waals surface area contributed by atoms with Gasteiger partial charge in [-0.2, -0.15) is 0 Å². The van der Waals surface area contributed by atoms with Gasteiger partial charge in [0.25, 0.3) is 5.56 Å². The topological polar surface area (TPSA) is 45.8 Å². The van der Waals surface area contributed by atoms with Crippen LogP contribution in [0.25, 0.3) is 0 Å². The van der Waals surface area contributed by atoms with E-state index in [1.807, 2.05) is 31.2 Å². The van der Waals surface area contributed by atoms with Gasteiger partial charge in [0.15, 0.2) is 0 Å². The van der Waals surface area contributed by atoms with Gasteiger partial charge in [0.2, 0.25) is 0 Å². The Morgan fingerprint density at radius 3 is 2.88 bits per heavy atom. The molecular formula is C11H9ClN2OS. The molecule has 0 amide bonds. The lowest BCUT2D eigenvalue weighted by molar-refractivity contribution is 1.01. The molecule has 0 aliphatic carbocycles. The first-order chi connectivity index (χ1) is 7.68. The quantitative estimate of drug-likeness (QED) is 0.836. The van der Waals surface area contributed by atoms with E-state index in [2.05, 4.69) is 9.97 Å². The van der Waals surface area contributed by atoms with Crippen molar-refractivity contribution < 1.29 is 0 Å². The Kier molecular flexibility index (Phi) is 3.31. The van der Waals surface area contributed by atoms with E-state index in [1.54, 1.807) is 0 Å². The van der Waals surface area contributed by atoms with Crippen LogP contribution in [0.4, 0.5) is 0 Å². The molecule has 1 N–H and O–H groups in total. The number of rotatable bonds is 2. The number of nitrogens with zero attached hydrogens (tertiary/aromatic N) is 1. The fourth-order valence-corrected chi connectivity index (χ4v) is 2.30. The molecule has 1 aromatic carbocycles. The second-order valence-electron chi connectivity index (χ2n) is 3.22. The zero-order valence-corrected chi connectivity index (χ0v) is 10.1. The summed E-state index contributed by atoms with van der Waals surface area (Å²) in [4.78, 5) is 18.8. The molecule has 0 saturated heterocycles. The monoisotopic (exact) mass is 252 g/mol. The zero-order valence-electron chi connectivity index (χ0n) is 8.53. The van der Waals surface area contributed by atoms with Crippen LogP contribution in [0.15, 0.2) is 45.3 Å². The van der Waals surface area contributed by atoms with Crippen molar-refractivity contribution in [1.82, 2.24) is 9.97 Å². The molecule has 1 heterocycles. The smallest absolute Gasteiger partial charge is 0.270 e. The lowest BCUT2D eigenvalue weighted by atomic mass is 10.2. The first-order valence-electron chi connectivity index (χ1n) is 4.65. The molecular weight excluding hydrogens is 244 g/mol. The van der Waals surface area contributed by atoms with Crippen LogP contribution in [-0.2, 0) is 0 Å². The molecule has 0 bridgehead atoms. The number of hydrogen-bond donors (Lipinski definition) is 1. The summed E-state index contributed by atoms with van der Waals surface area (Å²) < 4.78 is 0. The lowest BCUT2D eigenvalue weighted by Crippen LogP contribution is -2.07. The zero-order chi connectivity index (χ0) is 11.5. The van der Waals surface area contributed by atoms with Crippen molar-refractivity contribution in [3.63, 3.8) is 0 Å². The van der Waals surface area contributed by atoms with Crippen LogP contribution in [0.5, 0.6) is 0 Å². The van der Waals surface area contributed by atoms with Crippen LogP contribution < -0.4 is 5.56 Å². The SMILES string of the molecule is Cc1ccccc1Sc1nc[nH]c(=O)c1Cl. The summed E-state index contributed by atoms with van der Waals surface area (Å²) >= 11 is 7.26. The maximum atomic E-state index is 11.3. The second-order valence-corrected chi connectivity index (χ2v) is 4.63. The van der Waals surface area contributed by atoms with Gasteiger partial charge in [-0.3, -0.25) is 4.79 Å². The molecule has 5 heteroatoms. The summed E-state index contributed by atoms with van der Waals surface area (Å²) in [5, 5.41) is 0.662. The molecule has 0 saturated carbocycles. The third-order valence-electron chi connectivity index (χ3n) is 2.06. The number of aryl methyl sites for hydroxylation is 1. The molecule has 1 aromatic heterocycles. The minimum absolute atomic E-state index is 0.135. The van der Waals surface area contributed by atoms with Gasteiger partial charge in [0, 0.05) is 4.90 Å². The minimum atomic E-state index is -0.312. The number of aromatic amines is 1. The molecule has 2 rings (SSSR count). The van der Waals surface area contributed by atoms with Crippen molar-refractivity contribution >= 4 is 23.4 Å². The summed E-state index contributed by atoms with van der Waals surface area (Å²) in [6.07, 6.45) is 1.36. The van der Waals surface area contributed by atoms with Gasteiger partial charge < -0.3 is 4.98 Å². The van der Waals surface area contributed by atoms with Gasteiger partial charge in [-0.15, -0.1) is 0 Å². The molecule has 0 unspecified atom stereocenters. The fraction of sp³-hybridized carbons (Fsp3) is 0.0909. The maximum Gasteiger partial charge on any atom is 0.270 e.